The predicted octanol–water partition coefficient (Wildman–Crippen LogP) is 3.95. The minimum absolute atomic E-state index is 0.316. The highest BCUT2D eigenvalue weighted by atomic mass is 79.9. The molecule has 1 aromatic rings. The highest BCUT2D eigenvalue weighted by molar-refractivity contribution is 9.10. The number of aliphatic carboxylic acids is 1. The molecule has 1 N–H and O–H groups in total. The van der Waals surface area contributed by atoms with Gasteiger partial charge in [-0.3, -0.25) is 0 Å². The number of hydrogen-bond acceptors (Lipinski definition) is 5. The summed E-state index contributed by atoms with van der Waals surface area (Å²) < 4.78 is 12.0. The molecule has 1 amide bonds. The average Bonchev–Trinajstić information content (AvgIpc) is 2.53. The van der Waals surface area contributed by atoms with Crippen LogP contribution in [0.4, 0.5) is 4.79 Å². The van der Waals surface area contributed by atoms with E-state index in [1.165, 1.54) is 0 Å². The standard InChI is InChI=1S/C19H27BrN2O5/c1-18(2,3)27-17(25)22-11-5-8-19(9-6-12-22,26-13-15(23)24)14-7-4-10-21-16(14)20/h4,7,10H,5-6,8-9,11-13H2,1-3H3,(H,23,24). The number of carbonyl (C=O) groups is 2. The molecule has 150 valence electrons. The Morgan fingerprint density at radius 1 is 1.30 bits per heavy atom. The molecule has 27 heavy (non-hydrogen) atoms. The summed E-state index contributed by atoms with van der Waals surface area (Å²) in [5.41, 5.74) is -0.433. The largest absolute Gasteiger partial charge is 0.480 e. The van der Waals surface area contributed by atoms with Crippen molar-refractivity contribution in [3.63, 3.8) is 0 Å². The molecule has 1 fully saturated rings. The molecule has 2 heterocycles. The Hall–Kier alpha value is -1.67. The van der Waals surface area contributed by atoms with E-state index >= 15 is 0 Å². The Morgan fingerprint density at radius 2 is 1.93 bits per heavy atom. The zero-order chi connectivity index (χ0) is 20.1. The molecule has 0 unspecified atom stereocenters. The third kappa shape index (κ3) is 6.17. The van der Waals surface area contributed by atoms with Gasteiger partial charge in [-0.05, 0) is 68.5 Å². The molecular formula is C19H27BrN2O5. The molecule has 1 saturated heterocycles. The number of rotatable bonds is 4. The van der Waals surface area contributed by atoms with Gasteiger partial charge < -0.3 is 19.5 Å². The Kier molecular flexibility index (Phi) is 7.22. The fourth-order valence-electron chi connectivity index (χ4n) is 3.27. The molecule has 0 saturated carbocycles. The molecule has 7 nitrogen and oxygen atoms in total. The molecule has 0 spiro atoms. The van der Waals surface area contributed by atoms with Crippen LogP contribution in [0.25, 0.3) is 0 Å². The van der Waals surface area contributed by atoms with Crippen LogP contribution in [-0.4, -0.2) is 52.4 Å². The Labute approximate surface area is 168 Å². The van der Waals surface area contributed by atoms with Crippen molar-refractivity contribution in [1.29, 1.82) is 0 Å². The van der Waals surface area contributed by atoms with E-state index in [1.54, 1.807) is 11.1 Å². The van der Waals surface area contributed by atoms with Crippen LogP contribution in [0, 0.1) is 0 Å². The van der Waals surface area contributed by atoms with Gasteiger partial charge in [-0.2, -0.15) is 0 Å². The summed E-state index contributed by atoms with van der Waals surface area (Å²) in [4.78, 5) is 29.4. The van der Waals surface area contributed by atoms with Gasteiger partial charge in [0.05, 0.1) is 5.60 Å². The second-order valence-electron chi connectivity index (χ2n) is 7.69. The van der Waals surface area contributed by atoms with Gasteiger partial charge in [0.25, 0.3) is 0 Å². The molecule has 0 aromatic carbocycles. The van der Waals surface area contributed by atoms with Crippen molar-refractivity contribution < 1.29 is 24.2 Å². The molecule has 1 aliphatic heterocycles. The summed E-state index contributed by atoms with van der Waals surface area (Å²) in [5.74, 6) is -1.01. The highest BCUT2D eigenvalue weighted by Gasteiger charge is 2.37. The van der Waals surface area contributed by atoms with Gasteiger partial charge in [0.1, 0.15) is 16.8 Å². The Balaban J connectivity index is 2.16. The number of hydrogen-bond donors (Lipinski definition) is 1. The van der Waals surface area contributed by atoms with E-state index in [2.05, 4.69) is 20.9 Å². The molecule has 2 rings (SSSR count). The molecule has 0 radical (unpaired) electrons. The molecule has 0 bridgehead atoms. The quantitative estimate of drug-likeness (QED) is 0.709. The lowest BCUT2D eigenvalue weighted by Gasteiger charge is -2.38. The first-order valence-electron chi connectivity index (χ1n) is 9.08. The molecule has 1 aromatic heterocycles. The second kappa shape index (κ2) is 9.01. The van der Waals surface area contributed by atoms with E-state index in [-0.39, 0.29) is 12.7 Å². The van der Waals surface area contributed by atoms with Crippen molar-refractivity contribution >= 4 is 28.0 Å². The van der Waals surface area contributed by atoms with Crippen LogP contribution >= 0.6 is 15.9 Å². The zero-order valence-corrected chi connectivity index (χ0v) is 17.6. The van der Waals surface area contributed by atoms with Crippen LogP contribution < -0.4 is 0 Å². The van der Waals surface area contributed by atoms with E-state index in [9.17, 15) is 9.59 Å². The van der Waals surface area contributed by atoms with Crippen LogP contribution in [-0.2, 0) is 19.9 Å². The van der Waals surface area contributed by atoms with Gasteiger partial charge in [0.15, 0.2) is 0 Å². The van der Waals surface area contributed by atoms with Gasteiger partial charge in [-0.1, -0.05) is 6.07 Å². The minimum atomic E-state index is -1.01. The maximum Gasteiger partial charge on any atom is 0.410 e. The first kappa shape index (κ1) is 21.6. The molecular weight excluding hydrogens is 416 g/mol. The zero-order valence-electron chi connectivity index (χ0n) is 16.0. The van der Waals surface area contributed by atoms with E-state index in [1.807, 2.05) is 32.9 Å². The van der Waals surface area contributed by atoms with Crippen LogP contribution in [0.2, 0.25) is 0 Å². The van der Waals surface area contributed by atoms with Crippen molar-refractivity contribution in [3.05, 3.63) is 28.5 Å². The number of likely N-dealkylation sites (tertiary alicyclic amines) is 1. The van der Waals surface area contributed by atoms with E-state index in [4.69, 9.17) is 14.6 Å². The van der Waals surface area contributed by atoms with E-state index in [0.717, 1.165) is 5.56 Å². The number of amides is 1. The van der Waals surface area contributed by atoms with Gasteiger partial charge >= 0.3 is 12.1 Å². The minimum Gasteiger partial charge on any atom is -0.480 e. The number of carboxylic acid groups (broad SMARTS) is 1. The molecule has 8 heteroatoms. The van der Waals surface area contributed by atoms with Gasteiger partial charge in [0, 0.05) is 24.8 Å². The first-order valence-corrected chi connectivity index (χ1v) is 9.87. The van der Waals surface area contributed by atoms with Gasteiger partial charge in [0.2, 0.25) is 0 Å². The van der Waals surface area contributed by atoms with Crippen LogP contribution in [0.1, 0.15) is 52.0 Å². The van der Waals surface area contributed by atoms with Crippen LogP contribution in [0.15, 0.2) is 22.9 Å². The summed E-state index contributed by atoms with van der Waals surface area (Å²) in [6.45, 7) is 6.23. The van der Waals surface area contributed by atoms with Crippen molar-refractivity contribution in [2.24, 2.45) is 0 Å². The van der Waals surface area contributed by atoms with Gasteiger partial charge in [-0.15, -0.1) is 0 Å². The summed E-state index contributed by atoms with van der Waals surface area (Å²) in [5, 5.41) is 9.10. The molecule has 1 aliphatic rings. The maximum absolute atomic E-state index is 12.4. The smallest absolute Gasteiger partial charge is 0.410 e. The van der Waals surface area contributed by atoms with Crippen molar-refractivity contribution in [2.45, 2.75) is 57.7 Å². The lowest BCUT2D eigenvalue weighted by atomic mass is 9.84. The first-order chi connectivity index (χ1) is 12.6. The van der Waals surface area contributed by atoms with Crippen molar-refractivity contribution in [3.8, 4) is 0 Å². The number of aromatic nitrogens is 1. The average molecular weight is 443 g/mol. The topological polar surface area (TPSA) is 89.0 Å². The summed E-state index contributed by atoms with van der Waals surface area (Å²) in [6, 6.07) is 3.73. The maximum atomic E-state index is 12.4. The number of carboxylic acids is 1. The Bertz CT molecular complexity index is 664. The van der Waals surface area contributed by atoms with Crippen LogP contribution in [0.3, 0.4) is 0 Å². The van der Waals surface area contributed by atoms with Crippen molar-refractivity contribution in [2.75, 3.05) is 19.7 Å². The van der Waals surface area contributed by atoms with Crippen molar-refractivity contribution in [1.82, 2.24) is 9.88 Å². The third-order valence-electron chi connectivity index (χ3n) is 4.39. The van der Waals surface area contributed by atoms with E-state index < -0.39 is 17.2 Å². The third-order valence-corrected chi connectivity index (χ3v) is 5.02. The number of pyridine rings is 1. The highest BCUT2D eigenvalue weighted by Crippen LogP contribution is 2.40. The second-order valence-corrected chi connectivity index (χ2v) is 8.44. The SMILES string of the molecule is CC(C)(C)OC(=O)N1CCCC(OCC(=O)O)(c2cccnc2Br)CCC1. The normalized spacial score (nSPS) is 17.7. The molecule has 0 atom stereocenters. The summed E-state index contributed by atoms with van der Waals surface area (Å²) in [6.07, 6.45) is 3.86. The summed E-state index contributed by atoms with van der Waals surface area (Å²) in [7, 11) is 0. The lowest BCUT2D eigenvalue weighted by molar-refractivity contribution is -0.153. The number of halogens is 1. The van der Waals surface area contributed by atoms with E-state index in [0.29, 0.717) is 43.4 Å². The number of carbonyl (C=O) groups excluding carboxylic acids is 1. The molecule has 0 aliphatic carbocycles. The fraction of sp³-hybridized carbons (Fsp3) is 0.632. The monoisotopic (exact) mass is 442 g/mol. The Morgan fingerprint density at radius 3 is 2.44 bits per heavy atom. The number of nitrogens with zero attached hydrogens (tertiary/aromatic N) is 2. The predicted molar refractivity (Wildman–Crippen MR) is 103 cm³/mol. The van der Waals surface area contributed by atoms with Crippen LogP contribution in [0.5, 0.6) is 0 Å². The number of ether oxygens (including phenoxy) is 2. The summed E-state index contributed by atoms with van der Waals surface area (Å²) >= 11 is 3.46. The van der Waals surface area contributed by atoms with Gasteiger partial charge in [-0.25, -0.2) is 14.6 Å². The lowest BCUT2D eigenvalue weighted by Crippen LogP contribution is -2.42. The fourth-order valence-corrected chi connectivity index (χ4v) is 3.89.